The van der Waals surface area contributed by atoms with Crippen LogP contribution >= 0.6 is 0 Å². The van der Waals surface area contributed by atoms with Crippen LogP contribution < -0.4 is 0 Å². The van der Waals surface area contributed by atoms with E-state index in [9.17, 15) is 8.42 Å². The summed E-state index contributed by atoms with van der Waals surface area (Å²) in [7, 11) is -2.75. The number of rotatable bonds is 2. The average Bonchev–Trinajstić information content (AvgIpc) is 2.59. The van der Waals surface area contributed by atoms with Crippen molar-refractivity contribution in [3.8, 4) is 0 Å². The Morgan fingerprint density at radius 1 is 1.20 bits per heavy atom. The number of hydrogen-bond donors (Lipinski definition) is 1. The molecule has 0 saturated carbocycles. The van der Waals surface area contributed by atoms with Gasteiger partial charge in [0.15, 0.2) is 9.84 Å². The molecular formula is C10H19NO3S. The molecule has 5 heteroatoms. The maximum Gasteiger partial charge on any atom is 0.151 e. The molecule has 1 N–H and O–H groups in total. The first-order chi connectivity index (χ1) is 7.11. The summed E-state index contributed by atoms with van der Waals surface area (Å²) in [5.41, 5.74) is 0. The molecule has 0 aliphatic carbocycles. The van der Waals surface area contributed by atoms with E-state index < -0.39 is 9.84 Å². The molecule has 4 nitrogen and oxygen atoms in total. The molecular weight excluding hydrogens is 214 g/mol. The molecule has 2 saturated heterocycles. The van der Waals surface area contributed by atoms with Gasteiger partial charge in [0, 0.05) is 12.6 Å². The molecule has 0 amide bonds. The summed E-state index contributed by atoms with van der Waals surface area (Å²) in [6.07, 6.45) is 2.81. The second kappa shape index (κ2) is 4.39. The Morgan fingerprint density at radius 3 is 2.33 bits per heavy atom. The van der Waals surface area contributed by atoms with Crippen molar-refractivity contribution in [2.45, 2.75) is 25.3 Å². The number of aliphatic hydroxyl groups is 1. The van der Waals surface area contributed by atoms with E-state index in [4.69, 9.17) is 5.11 Å². The van der Waals surface area contributed by atoms with Crippen LogP contribution in [0.1, 0.15) is 19.3 Å². The lowest BCUT2D eigenvalue weighted by Gasteiger charge is -2.34. The fraction of sp³-hybridized carbons (Fsp3) is 1.00. The van der Waals surface area contributed by atoms with Crippen LogP contribution in [0.25, 0.3) is 0 Å². The van der Waals surface area contributed by atoms with Crippen molar-refractivity contribution in [1.82, 2.24) is 4.90 Å². The van der Waals surface area contributed by atoms with Gasteiger partial charge in [-0.05, 0) is 38.3 Å². The number of nitrogens with zero attached hydrogens (tertiary/aromatic N) is 1. The van der Waals surface area contributed by atoms with Crippen LogP contribution in [-0.4, -0.2) is 55.7 Å². The van der Waals surface area contributed by atoms with Crippen molar-refractivity contribution in [3.63, 3.8) is 0 Å². The first-order valence-corrected chi connectivity index (χ1v) is 7.48. The van der Waals surface area contributed by atoms with Gasteiger partial charge in [0.05, 0.1) is 11.5 Å². The van der Waals surface area contributed by atoms with Crippen LogP contribution in [-0.2, 0) is 9.84 Å². The highest BCUT2D eigenvalue weighted by molar-refractivity contribution is 7.91. The smallest absolute Gasteiger partial charge is 0.151 e. The summed E-state index contributed by atoms with van der Waals surface area (Å²) in [6, 6.07) is 0.245. The second-order valence-electron chi connectivity index (χ2n) is 4.72. The predicted octanol–water partition coefficient (Wildman–Crippen LogP) is -0.122. The molecule has 2 fully saturated rings. The van der Waals surface area contributed by atoms with Crippen molar-refractivity contribution in [3.05, 3.63) is 0 Å². The van der Waals surface area contributed by atoms with Crippen molar-refractivity contribution in [1.29, 1.82) is 0 Å². The zero-order chi connectivity index (χ0) is 10.9. The summed E-state index contributed by atoms with van der Waals surface area (Å²) >= 11 is 0. The number of hydrogen-bond acceptors (Lipinski definition) is 4. The van der Waals surface area contributed by atoms with Gasteiger partial charge >= 0.3 is 0 Å². The minimum absolute atomic E-state index is 0.245. The van der Waals surface area contributed by atoms with E-state index >= 15 is 0 Å². The topological polar surface area (TPSA) is 57.6 Å². The first-order valence-electron chi connectivity index (χ1n) is 5.66. The zero-order valence-electron chi connectivity index (χ0n) is 8.93. The third kappa shape index (κ3) is 2.71. The molecule has 15 heavy (non-hydrogen) atoms. The lowest BCUT2D eigenvalue weighted by atomic mass is 9.96. The van der Waals surface area contributed by atoms with E-state index in [0.717, 1.165) is 32.4 Å². The molecule has 0 aromatic carbocycles. The lowest BCUT2D eigenvalue weighted by Crippen LogP contribution is -2.42. The number of aliphatic hydroxyl groups excluding tert-OH is 1. The van der Waals surface area contributed by atoms with Gasteiger partial charge in [0.1, 0.15) is 0 Å². The minimum Gasteiger partial charge on any atom is -0.396 e. The van der Waals surface area contributed by atoms with Crippen molar-refractivity contribution in [2.75, 3.05) is 31.2 Å². The normalized spacial score (nSPS) is 33.3. The summed E-state index contributed by atoms with van der Waals surface area (Å²) in [6.45, 7) is 2.17. The maximum absolute atomic E-state index is 11.3. The number of sulfone groups is 1. The largest absolute Gasteiger partial charge is 0.396 e. The van der Waals surface area contributed by atoms with Gasteiger partial charge in [0.25, 0.3) is 0 Å². The molecule has 1 atom stereocenters. The van der Waals surface area contributed by atoms with Crippen LogP contribution in [0.15, 0.2) is 0 Å². The fourth-order valence-electron chi connectivity index (χ4n) is 2.56. The summed E-state index contributed by atoms with van der Waals surface area (Å²) in [5, 5.41) is 9.01. The maximum atomic E-state index is 11.3. The monoisotopic (exact) mass is 233 g/mol. The van der Waals surface area contributed by atoms with E-state index in [2.05, 4.69) is 4.90 Å². The fourth-order valence-corrected chi connectivity index (χ4v) is 4.33. The van der Waals surface area contributed by atoms with Gasteiger partial charge in [-0.15, -0.1) is 0 Å². The first kappa shape index (κ1) is 11.4. The van der Waals surface area contributed by atoms with E-state index in [0.29, 0.717) is 17.4 Å². The Labute approximate surface area is 91.2 Å². The summed E-state index contributed by atoms with van der Waals surface area (Å²) in [4.78, 5) is 2.29. The van der Waals surface area contributed by atoms with Crippen LogP contribution in [0.3, 0.4) is 0 Å². The average molecular weight is 233 g/mol. The van der Waals surface area contributed by atoms with Crippen LogP contribution in [0.4, 0.5) is 0 Å². The highest BCUT2D eigenvalue weighted by atomic mass is 32.2. The third-order valence-corrected chi connectivity index (χ3v) is 5.38. The van der Waals surface area contributed by atoms with E-state index in [1.165, 1.54) is 0 Å². The van der Waals surface area contributed by atoms with Crippen molar-refractivity contribution < 1.29 is 13.5 Å². The van der Waals surface area contributed by atoms with Crippen LogP contribution in [0.2, 0.25) is 0 Å². The van der Waals surface area contributed by atoms with E-state index in [1.807, 2.05) is 0 Å². The quantitative estimate of drug-likeness (QED) is 0.722. The molecule has 2 heterocycles. The van der Waals surface area contributed by atoms with Gasteiger partial charge in [0.2, 0.25) is 0 Å². The summed E-state index contributed by atoms with van der Waals surface area (Å²) in [5.74, 6) is 1.13. The molecule has 2 aliphatic heterocycles. The Hall–Kier alpha value is -0.130. The van der Waals surface area contributed by atoms with Crippen LogP contribution in [0.5, 0.6) is 0 Å². The number of likely N-dealkylation sites (tertiary alicyclic amines) is 1. The SMILES string of the molecule is O=S1(=O)CCC(N2CCC(CO)CC2)C1. The van der Waals surface area contributed by atoms with Gasteiger partial charge in [-0.3, -0.25) is 4.90 Å². The zero-order valence-corrected chi connectivity index (χ0v) is 9.75. The third-order valence-electron chi connectivity index (χ3n) is 3.63. The highest BCUT2D eigenvalue weighted by Crippen LogP contribution is 2.23. The Morgan fingerprint density at radius 2 is 1.87 bits per heavy atom. The lowest BCUT2D eigenvalue weighted by molar-refractivity contribution is 0.108. The number of piperidine rings is 1. The van der Waals surface area contributed by atoms with E-state index in [1.54, 1.807) is 0 Å². The van der Waals surface area contributed by atoms with Crippen molar-refractivity contribution in [2.24, 2.45) is 5.92 Å². The molecule has 0 aromatic heterocycles. The second-order valence-corrected chi connectivity index (χ2v) is 6.95. The molecule has 2 aliphatic rings. The minimum atomic E-state index is -2.75. The Kier molecular flexibility index (Phi) is 3.33. The van der Waals surface area contributed by atoms with Gasteiger partial charge in [-0.25, -0.2) is 8.42 Å². The molecule has 0 radical (unpaired) electrons. The van der Waals surface area contributed by atoms with Gasteiger partial charge < -0.3 is 5.11 Å². The van der Waals surface area contributed by atoms with Crippen LogP contribution in [0, 0.1) is 5.92 Å². The molecule has 88 valence electrons. The van der Waals surface area contributed by atoms with Gasteiger partial charge in [-0.2, -0.15) is 0 Å². The predicted molar refractivity (Wildman–Crippen MR) is 58.4 cm³/mol. The summed E-state index contributed by atoms with van der Waals surface area (Å²) < 4.78 is 22.7. The van der Waals surface area contributed by atoms with Gasteiger partial charge in [-0.1, -0.05) is 0 Å². The Balaban J connectivity index is 1.87. The standard InChI is InChI=1S/C10H19NO3S/c12-7-9-1-4-11(5-2-9)10-3-6-15(13,14)8-10/h9-10,12H,1-8H2. The molecule has 0 spiro atoms. The molecule has 1 unspecified atom stereocenters. The van der Waals surface area contributed by atoms with Crippen molar-refractivity contribution >= 4 is 9.84 Å². The molecule has 0 bridgehead atoms. The molecule has 2 rings (SSSR count). The highest BCUT2D eigenvalue weighted by Gasteiger charge is 2.33. The molecule has 0 aromatic rings. The van der Waals surface area contributed by atoms with E-state index in [-0.39, 0.29) is 12.6 Å². The Bertz CT molecular complexity index is 307.